The third kappa shape index (κ3) is 4.97. The zero-order chi connectivity index (χ0) is 13.0. The molecule has 1 saturated heterocycles. The van der Waals surface area contributed by atoms with E-state index in [2.05, 4.69) is 51.3 Å². The Kier molecular flexibility index (Phi) is 5.94. The molecule has 0 aromatic carbocycles. The van der Waals surface area contributed by atoms with Crippen LogP contribution in [0.25, 0.3) is 0 Å². The summed E-state index contributed by atoms with van der Waals surface area (Å²) >= 11 is 0. The molecule has 2 unspecified atom stereocenters. The maximum absolute atomic E-state index is 2.71. The Morgan fingerprint density at radius 1 is 0.941 bits per heavy atom. The minimum Gasteiger partial charge on any atom is -0.300 e. The Hall–Kier alpha value is -0.0800. The quantitative estimate of drug-likeness (QED) is 0.728. The first-order chi connectivity index (χ1) is 7.90. The molecule has 1 fully saturated rings. The first kappa shape index (κ1) is 15.0. The molecule has 1 aliphatic rings. The van der Waals surface area contributed by atoms with Crippen molar-refractivity contribution in [2.75, 3.05) is 26.2 Å². The van der Waals surface area contributed by atoms with Crippen LogP contribution in [0.3, 0.4) is 0 Å². The fraction of sp³-hybridized carbons (Fsp3) is 1.00. The van der Waals surface area contributed by atoms with Gasteiger partial charge in [0.2, 0.25) is 0 Å². The Bertz CT molecular complexity index is 201. The van der Waals surface area contributed by atoms with Crippen molar-refractivity contribution in [3.8, 4) is 0 Å². The highest BCUT2D eigenvalue weighted by atomic mass is 15.3. The largest absolute Gasteiger partial charge is 0.300 e. The molecule has 0 saturated carbocycles. The molecule has 0 aromatic rings. The first-order valence-corrected chi connectivity index (χ1v) is 7.38. The van der Waals surface area contributed by atoms with E-state index in [-0.39, 0.29) is 0 Å². The summed E-state index contributed by atoms with van der Waals surface area (Å²) in [6.45, 7) is 19.1. The monoisotopic (exact) mass is 240 g/mol. The molecule has 1 aliphatic heterocycles. The van der Waals surface area contributed by atoms with Crippen molar-refractivity contribution in [3.05, 3.63) is 0 Å². The van der Waals surface area contributed by atoms with Crippen LogP contribution in [0, 0.1) is 11.8 Å². The van der Waals surface area contributed by atoms with Crippen LogP contribution >= 0.6 is 0 Å². The van der Waals surface area contributed by atoms with Crippen molar-refractivity contribution in [2.24, 2.45) is 11.8 Å². The minimum atomic E-state index is 0.719. The predicted molar refractivity (Wildman–Crippen MR) is 76.4 cm³/mol. The lowest BCUT2D eigenvalue weighted by molar-refractivity contribution is 0.0307. The van der Waals surface area contributed by atoms with E-state index in [0.717, 1.165) is 23.9 Å². The van der Waals surface area contributed by atoms with E-state index in [4.69, 9.17) is 0 Å². The van der Waals surface area contributed by atoms with Crippen molar-refractivity contribution in [3.63, 3.8) is 0 Å². The van der Waals surface area contributed by atoms with Crippen molar-refractivity contribution < 1.29 is 0 Å². The van der Waals surface area contributed by atoms with Crippen LogP contribution < -0.4 is 0 Å². The van der Waals surface area contributed by atoms with E-state index >= 15 is 0 Å². The van der Waals surface area contributed by atoms with Gasteiger partial charge in [-0.15, -0.1) is 0 Å². The highest BCUT2D eigenvalue weighted by Gasteiger charge is 2.28. The zero-order valence-corrected chi connectivity index (χ0v) is 12.7. The maximum Gasteiger partial charge on any atom is 0.0198 e. The summed E-state index contributed by atoms with van der Waals surface area (Å²) in [5.74, 6) is 1.61. The summed E-state index contributed by atoms with van der Waals surface area (Å²) < 4.78 is 0. The number of rotatable bonds is 5. The van der Waals surface area contributed by atoms with Gasteiger partial charge in [0, 0.05) is 31.7 Å². The molecule has 1 heterocycles. The lowest BCUT2D eigenvalue weighted by Crippen LogP contribution is -2.57. The summed E-state index contributed by atoms with van der Waals surface area (Å²) in [4.78, 5) is 5.35. The van der Waals surface area contributed by atoms with Gasteiger partial charge in [0.25, 0.3) is 0 Å². The summed E-state index contributed by atoms with van der Waals surface area (Å²) in [5.41, 5.74) is 0. The van der Waals surface area contributed by atoms with E-state index in [1.54, 1.807) is 0 Å². The summed E-state index contributed by atoms with van der Waals surface area (Å²) in [6.07, 6.45) is 1.33. The molecule has 2 nitrogen and oxygen atoms in total. The number of hydrogen-bond acceptors (Lipinski definition) is 2. The first-order valence-electron chi connectivity index (χ1n) is 7.38. The molecule has 0 spiro atoms. The van der Waals surface area contributed by atoms with E-state index in [1.165, 1.54) is 32.6 Å². The molecule has 2 heteroatoms. The van der Waals surface area contributed by atoms with Crippen LogP contribution in [0.4, 0.5) is 0 Å². The average Bonchev–Trinajstić information content (AvgIpc) is 2.14. The maximum atomic E-state index is 2.71. The SMILES string of the molecule is CC(C)CCN1C(C)CN(CC(C)C)CC1C. The Morgan fingerprint density at radius 3 is 1.88 bits per heavy atom. The third-order valence-corrected chi connectivity index (χ3v) is 3.77. The number of piperazine rings is 1. The second-order valence-electron chi connectivity index (χ2n) is 6.73. The van der Waals surface area contributed by atoms with Crippen molar-refractivity contribution in [1.82, 2.24) is 9.80 Å². The molecule has 0 N–H and O–H groups in total. The van der Waals surface area contributed by atoms with Gasteiger partial charge in [0.05, 0.1) is 0 Å². The Balaban J connectivity index is 2.44. The average molecular weight is 240 g/mol. The van der Waals surface area contributed by atoms with E-state index in [0.29, 0.717) is 0 Å². The van der Waals surface area contributed by atoms with Gasteiger partial charge in [-0.05, 0) is 38.6 Å². The zero-order valence-electron chi connectivity index (χ0n) is 12.7. The molecule has 0 aromatic heterocycles. The molecule has 0 amide bonds. The van der Waals surface area contributed by atoms with Crippen LogP contribution in [-0.4, -0.2) is 48.1 Å². The second kappa shape index (κ2) is 6.75. The van der Waals surface area contributed by atoms with Crippen molar-refractivity contribution >= 4 is 0 Å². The van der Waals surface area contributed by atoms with Crippen LogP contribution in [0.1, 0.15) is 48.0 Å². The number of nitrogens with zero attached hydrogens (tertiary/aromatic N) is 2. The van der Waals surface area contributed by atoms with E-state index < -0.39 is 0 Å². The molecule has 0 aliphatic carbocycles. The van der Waals surface area contributed by atoms with Gasteiger partial charge in [-0.25, -0.2) is 0 Å². The van der Waals surface area contributed by atoms with Gasteiger partial charge in [-0.1, -0.05) is 27.7 Å². The fourth-order valence-electron chi connectivity index (χ4n) is 2.98. The third-order valence-electron chi connectivity index (χ3n) is 3.77. The normalized spacial score (nSPS) is 28.2. The molecule has 0 radical (unpaired) electrons. The van der Waals surface area contributed by atoms with Gasteiger partial charge in [0.15, 0.2) is 0 Å². The van der Waals surface area contributed by atoms with Crippen molar-refractivity contribution in [2.45, 2.75) is 60.0 Å². The van der Waals surface area contributed by atoms with Crippen LogP contribution in [0.2, 0.25) is 0 Å². The van der Waals surface area contributed by atoms with Crippen LogP contribution in [0.5, 0.6) is 0 Å². The topological polar surface area (TPSA) is 6.48 Å². The molecule has 2 atom stereocenters. The molecular formula is C15H32N2. The minimum absolute atomic E-state index is 0.719. The molecular weight excluding hydrogens is 208 g/mol. The summed E-state index contributed by atoms with van der Waals surface area (Å²) in [7, 11) is 0. The van der Waals surface area contributed by atoms with E-state index in [1.807, 2.05) is 0 Å². The lowest BCUT2D eigenvalue weighted by atomic mass is 10.0. The molecule has 0 bridgehead atoms. The second-order valence-corrected chi connectivity index (χ2v) is 6.73. The van der Waals surface area contributed by atoms with Crippen LogP contribution in [-0.2, 0) is 0 Å². The Morgan fingerprint density at radius 2 is 1.47 bits per heavy atom. The van der Waals surface area contributed by atoms with Gasteiger partial charge in [-0.3, -0.25) is 9.80 Å². The highest BCUT2D eigenvalue weighted by Crippen LogP contribution is 2.18. The summed E-state index contributed by atoms with van der Waals surface area (Å²) in [5, 5.41) is 0. The van der Waals surface area contributed by atoms with Crippen molar-refractivity contribution in [1.29, 1.82) is 0 Å². The molecule has 1 rings (SSSR count). The lowest BCUT2D eigenvalue weighted by Gasteiger charge is -2.45. The van der Waals surface area contributed by atoms with Crippen LogP contribution in [0.15, 0.2) is 0 Å². The van der Waals surface area contributed by atoms with Gasteiger partial charge < -0.3 is 0 Å². The Labute approximate surface area is 108 Å². The highest BCUT2D eigenvalue weighted by molar-refractivity contribution is 4.85. The summed E-state index contributed by atoms with van der Waals surface area (Å²) in [6, 6.07) is 1.44. The predicted octanol–water partition coefficient (Wildman–Crippen LogP) is 3.08. The fourth-order valence-corrected chi connectivity index (χ4v) is 2.98. The standard InChI is InChI=1S/C15H32N2/c1-12(2)7-8-17-14(5)10-16(9-13(3)4)11-15(17)6/h12-15H,7-11H2,1-6H3. The molecule has 102 valence electrons. The van der Waals surface area contributed by atoms with Gasteiger partial charge >= 0.3 is 0 Å². The number of hydrogen-bond donors (Lipinski definition) is 0. The smallest absolute Gasteiger partial charge is 0.0198 e. The molecule has 17 heavy (non-hydrogen) atoms. The van der Waals surface area contributed by atoms with E-state index in [9.17, 15) is 0 Å². The van der Waals surface area contributed by atoms with Gasteiger partial charge in [0.1, 0.15) is 0 Å². The van der Waals surface area contributed by atoms with Gasteiger partial charge in [-0.2, -0.15) is 0 Å².